The van der Waals surface area contributed by atoms with E-state index in [1.165, 1.54) is 31.7 Å². The quantitative estimate of drug-likeness (QED) is 0.780. The number of para-hydroxylation sites is 1. The Morgan fingerprint density at radius 1 is 1.29 bits per heavy atom. The molecule has 1 heterocycles. The van der Waals surface area contributed by atoms with E-state index in [4.69, 9.17) is 0 Å². The molecule has 2 aromatic rings. The molecule has 0 bridgehead atoms. The summed E-state index contributed by atoms with van der Waals surface area (Å²) in [5, 5.41) is 9.67. The molecule has 24 heavy (non-hydrogen) atoms. The lowest BCUT2D eigenvalue weighted by Gasteiger charge is -2.06. The van der Waals surface area contributed by atoms with Crippen molar-refractivity contribution in [1.29, 1.82) is 0 Å². The Kier molecular flexibility index (Phi) is 5.44. The molecule has 0 aliphatic heterocycles. The molecule has 0 spiro atoms. The molecular weight excluding hydrogens is 334 g/mol. The Morgan fingerprint density at radius 2 is 2.00 bits per heavy atom. The number of nitrogens with zero attached hydrogens (tertiary/aromatic N) is 2. The van der Waals surface area contributed by atoms with Gasteiger partial charge in [-0.3, -0.25) is 9.89 Å². The number of benzene rings is 1. The van der Waals surface area contributed by atoms with Gasteiger partial charge in [-0.25, -0.2) is 13.8 Å². The van der Waals surface area contributed by atoms with Crippen LogP contribution in [0.2, 0.25) is 0 Å². The van der Waals surface area contributed by atoms with Crippen LogP contribution in [0.3, 0.4) is 0 Å². The summed E-state index contributed by atoms with van der Waals surface area (Å²) in [6.45, 7) is 0. The van der Waals surface area contributed by atoms with E-state index in [1.807, 2.05) is 0 Å². The summed E-state index contributed by atoms with van der Waals surface area (Å²) in [6, 6.07) is 3.43. The van der Waals surface area contributed by atoms with Crippen LogP contribution >= 0.6 is 11.8 Å². The zero-order chi connectivity index (χ0) is 16.9. The second-order valence-corrected chi connectivity index (χ2v) is 6.80. The number of nitrogens with one attached hydrogen (secondary N) is 2. The van der Waals surface area contributed by atoms with Gasteiger partial charge in [0.1, 0.15) is 23.1 Å². The van der Waals surface area contributed by atoms with Gasteiger partial charge in [0.2, 0.25) is 11.1 Å². The van der Waals surface area contributed by atoms with Crippen molar-refractivity contribution in [1.82, 2.24) is 15.2 Å². The number of amides is 1. The van der Waals surface area contributed by atoms with E-state index in [1.54, 1.807) is 0 Å². The van der Waals surface area contributed by atoms with Crippen molar-refractivity contribution in [2.75, 3.05) is 11.1 Å². The average Bonchev–Trinajstić information content (AvgIpc) is 3.21. The fourth-order valence-electron chi connectivity index (χ4n) is 2.84. The second-order valence-electron chi connectivity index (χ2n) is 5.85. The number of rotatable bonds is 6. The van der Waals surface area contributed by atoms with Gasteiger partial charge in [0.05, 0.1) is 5.75 Å². The summed E-state index contributed by atoms with van der Waals surface area (Å²) in [5.41, 5.74) is -0.431. The molecule has 0 saturated heterocycles. The van der Waals surface area contributed by atoms with Crippen molar-refractivity contribution >= 4 is 23.4 Å². The van der Waals surface area contributed by atoms with Gasteiger partial charge in [-0.05, 0) is 18.1 Å². The highest BCUT2D eigenvalue weighted by Gasteiger charge is 2.18. The number of H-pyrrole nitrogens is 1. The molecule has 1 aromatic heterocycles. The Labute approximate surface area is 142 Å². The van der Waals surface area contributed by atoms with Gasteiger partial charge >= 0.3 is 0 Å². The number of halogens is 2. The molecule has 128 valence electrons. The maximum Gasteiger partial charge on any atom is 0.235 e. The van der Waals surface area contributed by atoms with Crippen LogP contribution in [0, 0.1) is 17.6 Å². The van der Waals surface area contributed by atoms with Crippen molar-refractivity contribution in [3.63, 3.8) is 0 Å². The maximum absolute atomic E-state index is 13.5. The predicted octanol–water partition coefficient (Wildman–Crippen LogP) is 3.55. The first-order chi connectivity index (χ1) is 11.6. The van der Waals surface area contributed by atoms with Crippen molar-refractivity contribution in [2.45, 2.75) is 37.3 Å². The normalized spacial score (nSPS) is 14.9. The zero-order valence-electron chi connectivity index (χ0n) is 13.0. The van der Waals surface area contributed by atoms with Gasteiger partial charge in [-0.15, -0.1) is 5.10 Å². The minimum Gasteiger partial charge on any atom is -0.320 e. The van der Waals surface area contributed by atoms with E-state index in [9.17, 15) is 13.6 Å². The molecule has 0 radical (unpaired) electrons. The summed E-state index contributed by atoms with van der Waals surface area (Å²) in [4.78, 5) is 16.2. The van der Waals surface area contributed by atoms with Crippen molar-refractivity contribution in [3.05, 3.63) is 35.7 Å². The van der Waals surface area contributed by atoms with Gasteiger partial charge < -0.3 is 5.32 Å². The average molecular weight is 352 g/mol. The molecule has 2 N–H and O–H groups in total. The molecule has 1 fully saturated rings. The van der Waals surface area contributed by atoms with Crippen molar-refractivity contribution < 1.29 is 13.6 Å². The first-order valence-electron chi connectivity index (χ1n) is 7.90. The van der Waals surface area contributed by atoms with E-state index in [2.05, 4.69) is 20.5 Å². The van der Waals surface area contributed by atoms with E-state index < -0.39 is 23.2 Å². The number of hydrogen-bond donors (Lipinski definition) is 2. The van der Waals surface area contributed by atoms with Crippen LogP contribution in [0.5, 0.6) is 0 Å². The Bertz CT molecular complexity index is 696. The van der Waals surface area contributed by atoms with Crippen molar-refractivity contribution in [2.24, 2.45) is 5.92 Å². The van der Waals surface area contributed by atoms with E-state index in [0.29, 0.717) is 11.1 Å². The van der Waals surface area contributed by atoms with E-state index >= 15 is 0 Å². The standard InChI is InChI=1S/C16H18F2N4OS/c17-11-6-3-7-12(18)15(11)20-14(23)9-24-16-19-13(21-22-16)8-10-4-1-2-5-10/h3,6-7,10H,1-2,4-5,8-9H2,(H,20,23)(H,19,21,22). The van der Waals surface area contributed by atoms with Crippen LogP contribution in [0.1, 0.15) is 31.5 Å². The van der Waals surface area contributed by atoms with Crippen LogP contribution in [-0.2, 0) is 11.2 Å². The van der Waals surface area contributed by atoms with Crippen LogP contribution < -0.4 is 5.32 Å². The number of aromatic nitrogens is 3. The van der Waals surface area contributed by atoms with Gasteiger partial charge in [-0.2, -0.15) is 0 Å². The highest BCUT2D eigenvalue weighted by Crippen LogP contribution is 2.27. The van der Waals surface area contributed by atoms with Crippen LogP contribution in [0.25, 0.3) is 0 Å². The summed E-state index contributed by atoms with van der Waals surface area (Å²) in [7, 11) is 0. The number of aromatic amines is 1. The van der Waals surface area contributed by atoms with Gasteiger partial charge in [0.15, 0.2) is 0 Å². The largest absolute Gasteiger partial charge is 0.320 e. The molecule has 8 heteroatoms. The van der Waals surface area contributed by atoms with Crippen molar-refractivity contribution in [3.8, 4) is 0 Å². The topological polar surface area (TPSA) is 70.7 Å². The van der Waals surface area contributed by atoms with E-state index in [-0.39, 0.29) is 5.75 Å². The number of carbonyl (C=O) groups is 1. The first kappa shape index (κ1) is 16.9. The second kappa shape index (κ2) is 7.74. The maximum atomic E-state index is 13.5. The number of carbonyl (C=O) groups excluding carboxylic acids is 1. The third-order valence-electron chi connectivity index (χ3n) is 4.03. The SMILES string of the molecule is O=C(CSc1n[nH]c(CC2CCCC2)n1)Nc1c(F)cccc1F. The molecule has 0 unspecified atom stereocenters. The van der Waals surface area contributed by atoms with Crippen LogP contribution in [0.4, 0.5) is 14.5 Å². The number of hydrogen-bond acceptors (Lipinski definition) is 4. The predicted molar refractivity (Wildman–Crippen MR) is 87.8 cm³/mol. The summed E-state index contributed by atoms with van der Waals surface area (Å²) in [6.07, 6.45) is 5.86. The molecule has 3 rings (SSSR count). The van der Waals surface area contributed by atoms with Crippen LogP contribution in [-0.4, -0.2) is 26.8 Å². The molecule has 1 aliphatic rings. The number of anilines is 1. The first-order valence-corrected chi connectivity index (χ1v) is 8.88. The summed E-state index contributed by atoms with van der Waals surface area (Å²) in [5.74, 6) is -0.650. The van der Waals surface area contributed by atoms with E-state index in [0.717, 1.165) is 36.1 Å². The molecule has 1 saturated carbocycles. The lowest BCUT2D eigenvalue weighted by atomic mass is 10.0. The minimum absolute atomic E-state index is 0.0193. The minimum atomic E-state index is -0.801. The highest BCUT2D eigenvalue weighted by atomic mass is 32.2. The Hall–Kier alpha value is -1.96. The smallest absolute Gasteiger partial charge is 0.235 e. The lowest BCUT2D eigenvalue weighted by Crippen LogP contribution is -2.16. The molecule has 1 aliphatic carbocycles. The highest BCUT2D eigenvalue weighted by molar-refractivity contribution is 7.99. The summed E-state index contributed by atoms with van der Waals surface area (Å²) >= 11 is 1.13. The molecule has 0 atom stereocenters. The zero-order valence-corrected chi connectivity index (χ0v) is 13.8. The fraction of sp³-hybridized carbons (Fsp3) is 0.438. The Morgan fingerprint density at radius 3 is 2.71 bits per heavy atom. The third kappa shape index (κ3) is 4.31. The summed E-state index contributed by atoms with van der Waals surface area (Å²) < 4.78 is 27.0. The molecule has 1 amide bonds. The Balaban J connectivity index is 1.50. The van der Waals surface area contributed by atoms with Gasteiger partial charge in [-0.1, -0.05) is 43.5 Å². The third-order valence-corrected chi connectivity index (χ3v) is 4.87. The van der Waals surface area contributed by atoms with Crippen LogP contribution in [0.15, 0.2) is 23.4 Å². The number of thioether (sulfide) groups is 1. The molecule has 1 aromatic carbocycles. The fourth-order valence-corrected chi connectivity index (χ4v) is 3.46. The monoisotopic (exact) mass is 352 g/mol. The lowest BCUT2D eigenvalue weighted by molar-refractivity contribution is -0.113. The van der Waals surface area contributed by atoms with Gasteiger partial charge in [0.25, 0.3) is 0 Å². The molecule has 5 nitrogen and oxygen atoms in total. The van der Waals surface area contributed by atoms with Gasteiger partial charge in [0, 0.05) is 6.42 Å². The molecular formula is C16H18F2N4OS.